The Kier molecular flexibility index (Phi) is 3.52. The highest BCUT2D eigenvalue weighted by Crippen LogP contribution is 2.28. The summed E-state index contributed by atoms with van der Waals surface area (Å²) in [6, 6.07) is 1.50. The summed E-state index contributed by atoms with van der Waals surface area (Å²) in [6.45, 7) is 1.83. The Morgan fingerprint density at radius 2 is 2.37 bits per heavy atom. The molecular formula is C13H13N3OS2. The van der Waals surface area contributed by atoms with Crippen LogP contribution in [-0.4, -0.2) is 15.0 Å². The quantitative estimate of drug-likeness (QED) is 0.698. The number of nitrogens with one attached hydrogen (secondary N) is 1. The number of hydrogen-bond acceptors (Lipinski definition) is 5. The first kappa shape index (κ1) is 12.6. The van der Waals surface area contributed by atoms with Gasteiger partial charge in [0.1, 0.15) is 5.01 Å². The van der Waals surface area contributed by atoms with E-state index in [1.165, 1.54) is 22.7 Å². The molecule has 3 rings (SSSR count). The van der Waals surface area contributed by atoms with Crippen LogP contribution in [0, 0.1) is 6.92 Å². The van der Waals surface area contributed by atoms with E-state index < -0.39 is 0 Å². The maximum Gasteiger partial charge on any atom is 0.251 e. The van der Waals surface area contributed by atoms with Gasteiger partial charge in [0, 0.05) is 16.6 Å². The third kappa shape index (κ3) is 2.96. The molecule has 98 valence electrons. The highest BCUT2D eigenvalue weighted by atomic mass is 32.2. The second-order valence-electron chi connectivity index (χ2n) is 4.34. The number of aryl methyl sites for hydroxylation is 2. The number of rotatable bonds is 3. The van der Waals surface area contributed by atoms with Gasteiger partial charge in [0.15, 0.2) is 5.16 Å². The molecule has 0 bridgehead atoms. The molecule has 2 aromatic heterocycles. The van der Waals surface area contributed by atoms with Crippen molar-refractivity contribution in [1.29, 1.82) is 0 Å². The minimum atomic E-state index is -0.101. The molecule has 1 N–H and O–H groups in total. The zero-order valence-corrected chi connectivity index (χ0v) is 12.1. The van der Waals surface area contributed by atoms with Crippen LogP contribution in [0.4, 0.5) is 0 Å². The van der Waals surface area contributed by atoms with Gasteiger partial charge < -0.3 is 4.98 Å². The van der Waals surface area contributed by atoms with Gasteiger partial charge in [0.05, 0.1) is 11.4 Å². The lowest BCUT2D eigenvalue weighted by Gasteiger charge is -1.99. The fraction of sp³-hybridized carbons (Fsp3) is 0.308. The Bertz CT molecular complexity index is 687. The smallest absolute Gasteiger partial charge is 0.251 e. The molecule has 2 aromatic rings. The number of nitrogens with zero attached hydrogens (tertiary/aromatic N) is 2. The van der Waals surface area contributed by atoms with Gasteiger partial charge in [-0.25, -0.2) is 9.97 Å². The molecule has 0 radical (unpaired) electrons. The Labute approximate surface area is 119 Å². The molecule has 0 saturated heterocycles. The highest BCUT2D eigenvalue weighted by molar-refractivity contribution is 7.98. The van der Waals surface area contributed by atoms with Crippen LogP contribution in [0.15, 0.2) is 22.1 Å². The average molecular weight is 291 g/mol. The first-order chi connectivity index (χ1) is 9.20. The molecule has 4 nitrogen and oxygen atoms in total. The highest BCUT2D eigenvalue weighted by Gasteiger charge is 2.12. The number of aromatic nitrogens is 3. The molecule has 2 heterocycles. The van der Waals surface area contributed by atoms with E-state index in [9.17, 15) is 4.79 Å². The van der Waals surface area contributed by atoms with Gasteiger partial charge in [-0.2, -0.15) is 0 Å². The molecule has 0 atom stereocenters. The minimum Gasteiger partial charge on any atom is -0.301 e. The maximum absolute atomic E-state index is 11.4. The van der Waals surface area contributed by atoms with E-state index in [4.69, 9.17) is 0 Å². The van der Waals surface area contributed by atoms with Crippen molar-refractivity contribution in [3.8, 4) is 0 Å². The van der Waals surface area contributed by atoms with Crippen LogP contribution >= 0.6 is 23.1 Å². The van der Waals surface area contributed by atoms with E-state index in [0.717, 1.165) is 35.0 Å². The number of hydrogen-bond donors (Lipinski definition) is 1. The molecule has 0 amide bonds. The number of thioether (sulfide) groups is 1. The number of H-pyrrole nitrogens is 1. The van der Waals surface area contributed by atoms with Crippen LogP contribution in [0.2, 0.25) is 0 Å². The van der Waals surface area contributed by atoms with Gasteiger partial charge in [-0.15, -0.1) is 11.3 Å². The van der Waals surface area contributed by atoms with Crippen molar-refractivity contribution in [2.75, 3.05) is 0 Å². The Hall–Kier alpha value is -1.40. The van der Waals surface area contributed by atoms with Gasteiger partial charge >= 0.3 is 0 Å². The van der Waals surface area contributed by atoms with Gasteiger partial charge in [-0.05, 0) is 25.8 Å². The molecule has 1 aliphatic carbocycles. The molecule has 0 unspecified atom stereocenters. The second-order valence-corrected chi connectivity index (χ2v) is 6.47. The molecule has 0 fully saturated rings. The van der Waals surface area contributed by atoms with Gasteiger partial charge in [0.2, 0.25) is 0 Å². The van der Waals surface area contributed by atoms with Gasteiger partial charge in [-0.1, -0.05) is 17.8 Å². The zero-order valence-electron chi connectivity index (χ0n) is 10.5. The average Bonchev–Trinajstić information content (AvgIpc) is 2.78. The SMILES string of the molecule is Cc1cc(=O)[nH]c(SCc2nc3c(s2)CCC=C3)n1. The molecule has 0 saturated carbocycles. The van der Waals surface area contributed by atoms with E-state index in [1.807, 2.05) is 6.92 Å². The van der Waals surface area contributed by atoms with Crippen molar-refractivity contribution in [3.05, 3.63) is 43.8 Å². The van der Waals surface area contributed by atoms with Crippen LogP contribution in [0.3, 0.4) is 0 Å². The zero-order chi connectivity index (χ0) is 13.2. The first-order valence-corrected chi connectivity index (χ1v) is 7.87. The fourth-order valence-corrected chi connectivity index (χ4v) is 3.93. The van der Waals surface area contributed by atoms with Crippen molar-refractivity contribution in [2.24, 2.45) is 0 Å². The van der Waals surface area contributed by atoms with Crippen molar-refractivity contribution in [3.63, 3.8) is 0 Å². The maximum atomic E-state index is 11.4. The lowest BCUT2D eigenvalue weighted by atomic mass is 10.1. The Morgan fingerprint density at radius 1 is 1.47 bits per heavy atom. The Balaban J connectivity index is 1.74. The monoisotopic (exact) mass is 291 g/mol. The van der Waals surface area contributed by atoms with Crippen molar-refractivity contribution < 1.29 is 0 Å². The predicted octanol–water partition coefficient (Wildman–Crippen LogP) is 2.79. The summed E-state index contributed by atoms with van der Waals surface area (Å²) in [5.41, 5.74) is 1.75. The standard InChI is InChI=1S/C13H13N3OS2/c1-8-6-11(17)16-13(14-8)18-7-12-15-9-4-2-3-5-10(9)19-12/h2,4,6H,3,5,7H2,1H3,(H,14,16,17). The summed E-state index contributed by atoms with van der Waals surface area (Å²) in [7, 11) is 0. The molecular weight excluding hydrogens is 278 g/mol. The first-order valence-electron chi connectivity index (χ1n) is 6.06. The van der Waals surface area contributed by atoms with E-state index >= 15 is 0 Å². The van der Waals surface area contributed by atoms with Crippen LogP contribution in [0.1, 0.15) is 27.7 Å². The van der Waals surface area contributed by atoms with Crippen molar-refractivity contribution in [1.82, 2.24) is 15.0 Å². The summed E-state index contributed by atoms with van der Waals surface area (Å²) >= 11 is 3.28. The molecule has 6 heteroatoms. The van der Waals surface area contributed by atoms with Crippen molar-refractivity contribution >= 4 is 29.2 Å². The van der Waals surface area contributed by atoms with E-state index in [1.54, 1.807) is 11.3 Å². The molecule has 0 aromatic carbocycles. The third-order valence-corrected chi connectivity index (χ3v) is 4.96. The summed E-state index contributed by atoms with van der Waals surface area (Å²) in [5, 5.41) is 1.75. The lowest BCUT2D eigenvalue weighted by Crippen LogP contribution is -2.07. The molecule has 0 aliphatic heterocycles. The summed E-state index contributed by atoms with van der Waals surface area (Å²) in [4.78, 5) is 24.4. The lowest BCUT2D eigenvalue weighted by molar-refractivity contribution is 0.904. The van der Waals surface area contributed by atoms with Gasteiger partial charge in [0.25, 0.3) is 5.56 Å². The number of thiazole rings is 1. The van der Waals surface area contributed by atoms with Gasteiger partial charge in [-0.3, -0.25) is 4.79 Å². The van der Waals surface area contributed by atoms with Crippen LogP contribution < -0.4 is 5.56 Å². The van der Waals surface area contributed by atoms with Crippen LogP contribution in [-0.2, 0) is 12.2 Å². The van der Waals surface area contributed by atoms with E-state index in [-0.39, 0.29) is 5.56 Å². The molecule has 1 aliphatic rings. The summed E-state index contributed by atoms with van der Waals surface area (Å²) in [5.74, 6) is 0.748. The minimum absolute atomic E-state index is 0.101. The normalized spacial score (nSPS) is 13.5. The number of aromatic amines is 1. The Morgan fingerprint density at radius 3 is 3.16 bits per heavy atom. The second kappa shape index (κ2) is 5.30. The molecule has 19 heavy (non-hydrogen) atoms. The van der Waals surface area contributed by atoms with Crippen LogP contribution in [0.25, 0.3) is 6.08 Å². The number of fused-ring (bicyclic) bond motifs is 1. The van der Waals surface area contributed by atoms with E-state index in [0.29, 0.717) is 5.16 Å². The molecule has 0 spiro atoms. The third-order valence-electron chi connectivity index (χ3n) is 2.77. The van der Waals surface area contributed by atoms with Crippen LogP contribution in [0.5, 0.6) is 0 Å². The number of allylic oxidation sites excluding steroid dienone is 1. The van der Waals surface area contributed by atoms with Crippen molar-refractivity contribution in [2.45, 2.75) is 30.7 Å². The summed E-state index contributed by atoms with van der Waals surface area (Å²) in [6.07, 6.45) is 6.46. The van der Waals surface area contributed by atoms with E-state index in [2.05, 4.69) is 27.1 Å². The largest absolute Gasteiger partial charge is 0.301 e. The topological polar surface area (TPSA) is 58.6 Å². The summed E-state index contributed by atoms with van der Waals surface area (Å²) < 4.78 is 0. The predicted molar refractivity (Wildman–Crippen MR) is 78.6 cm³/mol. The fourth-order valence-electron chi connectivity index (χ4n) is 1.94.